The van der Waals surface area contributed by atoms with Gasteiger partial charge in [-0.15, -0.1) is 0 Å². The second-order valence-corrected chi connectivity index (χ2v) is 14.3. The largest absolute Gasteiger partial charge is 0.300 e. The smallest absolute Gasteiger partial charge is 0.0125 e. The molecule has 0 bridgehead atoms. The maximum Gasteiger partial charge on any atom is 0.0125 e. The lowest BCUT2D eigenvalue weighted by atomic mass is 9.57. The molecule has 0 radical (unpaired) electrons. The minimum Gasteiger partial charge on any atom is -0.300 e. The van der Waals surface area contributed by atoms with Gasteiger partial charge in [-0.3, -0.25) is 9.80 Å². The summed E-state index contributed by atoms with van der Waals surface area (Å²) in [6, 6.07) is 1.84. The highest BCUT2D eigenvalue weighted by Gasteiger charge is 2.53. The minimum atomic E-state index is 0.357. The SMILES string of the molecule is CC(C)(C)C1CN(C2CC3(CCN(C4CC5(CCN(C(C)(C)C)CC5)C4)CC3)C2)C1. The van der Waals surface area contributed by atoms with Crippen molar-refractivity contribution in [3.63, 3.8) is 0 Å². The number of likely N-dealkylation sites (tertiary alicyclic amines) is 3. The van der Waals surface area contributed by atoms with Crippen molar-refractivity contribution in [3.05, 3.63) is 0 Å². The molecule has 2 aliphatic carbocycles. The maximum atomic E-state index is 2.90. The highest BCUT2D eigenvalue weighted by molar-refractivity contribution is 5.07. The molecule has 0 amide bonds. The predicted molar refractivity (Wildman–Crippen MR) is 127 cm³/mol. The summed E-state index contributed by atoms with van der Waals surface area (Å²) in [6.45, 7) is 22.6. The molecule has 3 saturated heterocycles. The topological polar surface area (TPSA) is 9.72 Å². The van der Waals surface area contributed by atoms with Gasteiger partial charge >= 0.3 is 0 Å². The zero-order valence-electron chi connectivity index (χ0n) is 21.0. The summed E-state index contributed by atoms with van der Waals surface area (Å²) in [5.41, 5.74) is 2.31. The fraction of sp³-hybridized carbons (Fsp3) is 1.00. The monoisotopic (exact) mass is 415 g/mol. The van der Waals surface area contributed by atoms with Gasteiger partial charge in [0.2, 0.25) is 0 Å². The Hall–Kier alpha value is -0.120. The molecule has 30 heavy (non-hydrogen) atoms. The molecule has 0 aromatic carbocycles. The molecule has 3 heterocycles. The van der Waals surface area contributed by atoms with Crippen LogP contribution in [0.1, 0.15) is 92.9 Å². The van der Waals surface area contributed by atoms with Crippen LogP contribution in [0, 0.1) is 22.2 Å². The number of hydrogen-bond acceptors (Lipinski definition) is 3. The van der Waals surface area contributed by atoms with Crippen LogP contribution in [0.25, 0.3) is 0 Å². The molecule has 5 aliphatic rings. The summed E-state index contributed by atoms with van der Waals surface area (Å²) < 4.78 is 0. The van der Waals surface area contributed by atoms with Crippen molar-refractivity contribution in [3.8, 4) is 0 Å². The molecule has 0 N–H and O–H groups in total. The van der Waals surface area contributed by atoms with E-state index in [0.717, 1.165) is 23.4 Å². The van der Waals surface area contributed by atoms with Crippen LogP contribution in [0.2, 0.25) is 0 Å². The molecule has 172 valence electrons. The van der Waals surface area contributed by atoms with Crippen molar-refractivity contribution in [2.24, 2.45) is 22.2 Å². The molecular weight excluding hydrogens is 366 g/mol. The van der Waals surface area contributed by atoms with E-state index in [-0.39, 0.29) is 0 Å². The summed E-state index contributed by atoms with van der Waals surface area (Å²) in [6.07, 6.45) is 11.9. The van der Waals surface area contributed by atoms with Crippen LogP contribution in [0.3, 0.4) is 0 Å². The van der Waals surface area contributed by atoms with Gasteiger partial charge in [0.1, 0.15) is 0 Å². The highest BCUT2D eigenvalue weighted by atomic mass is 15.2. The molecule has 0 atom stereocenters. The first kappa shape index (κ1) is 21.7. The van der Waals surface area contributed by atoms with E-state index in [1.165, 1.54) is 90.6 Å². The maximum absolute atomic E-state index is 2.90. The van der Waals surface area contributed by atoms with Gasteiger partial charge in [0.05, 0.1) is 0 Å². The highest BCUT2D eigenvalue weighted by Crippen LogP contribution is 2.56. The van der Waals surface area contributed by atoms with Gasteiger partial charge in [0.25, 0.3) is 0 Å². The Balaban J connectivity index is 1.02. The zero-order chi connectivity index (χ0) is 21.4. The average Bonchev–Trinajstić information content (AvgIpc) is 2.55. The van der Waals surface area contributed by atoms with Crippen molar-refractivity contribution in [1.29, 1.82) is 0 Å². The lowest BCUT2D eigenvalue weighted by Crippen LogP contribution is -2.64. The fourth-order valence-corrected chi connectivity index (χ4v) is 7.59. The van der Waals surface area contributed by atoms with E-state index in [1.54, 1.807) is 0 Å². The van der Waals surface area contributed by atoms with Gasteiger partial charge in [0.15, 0.2) is 0 Å². The fourth-order valence-electron chi connectivity index (χ4n) is 7.59. The third-order valence-electron chi connectivity index (χ3n) is 10.5. The second kappa shape index (κ2) is 7.19. The van der Waals surface area contributed by atoms with Crippen LogP contribution in [-0.2, 0) is 0 Å². The molecule has 2 saturated carbocycles. The van der Waals surface area contributed by atoms with Crippen molar-refractivity contribution >= 4 is 0 Å². The van der Waals surface area contributed by atoms with Crippen LogP contribution >= 0.6 is 0 Å². The molecule has 3 heteroatoms. The lowest BCUT2D eigenvalue weighted by Gasteiger charge is -2.62. The minimum absolute atomic E-state index is 0.357. The quantitative estimate of drug-likeness (QED) is 0.610. The van der Waals surface area contributed by atoms with Gasteiger partial charge in [0, 0.05) is 30.7 Å². The molecule has 5 fully saturated rings. The van der Waals surface area contributed by atoms with Crippen molar-refractivity contribution in [2.75, 3.05) is 39.3 Å². The average molecular weight is 416 g/mol. The Bertz CT molecular complexity index is 603. The van der Waals surface area contributed by atoms with Gasteiger partial charge < -0.3 is 4.90 Å². The predicted octanol–water partition coefficient (Wildman–Crippen LogP) is 5.25. The van der Waals surface area contributed by atoms with Gasteiger partial charge in [-0.25, -0.2) is 0 Å². The van der Waals surface area contributed by atoms with Crippen LogP contribution in [0.15, 0.2) is 0 Å². The van der Waals surface area contributed by atoms with E-state index < -0.39 is 0 Å². The van der Waals surface area contributed by atoms with E-state index in [9.17, 15) is 0 Å². The summed E-state index contributed by atoms with van der Waals surface area (Å²) in [7, 11) is 0. The number of hydrogen-bond donors (Lipinski definition) is 0. The van der Waals surface area contributed by atoms with E-state index in [4.69, 9.17) is 0 Å². The second-order valence-electron chi connectivity index (χ2n) is 14.3. The Morgan fingerprint density at radius 1 is 0.600 bits per heavy atom. The molecule has 3 nitrogen and oxygen atoms in total. The molecule has 0 aromatic heterocycles. The standard InChI is InChI=1S/C27H49N3/c1-24(2,3)21-19-29(20-21)23-17-26(18-23)7-11-28(12-8-26)22-15-27(16-22)9-13-30(14-10-27)25(4,5)6/h21-23H,7-20H2,1-6H3. The zero-order valence-corrected chi connectivity index (χ0v) is 21.0. The van der Waals surface area contributed by atoms with E-state index in [1.807, 2.05) is 0 Å². The van der Waals surface area contributed by atoms with Gasteiger partial charge in [-0.1, -0.05) is 20.8 Å². The number of piperidine rings is 2. The molecule has 0 unspecified atom stereocenters. The summed E-state index contributed by atoms with van der Waals surface area (Å²) in [4.78, 5) is 8.43. The molecule has 0 aromatic rings. The number of nitrogens with zero attached hydrogens (tertiary/aromatic N) is 3. The van der Waals surface area contributed by atoms with E-state index >= 15 is 0 Å². The van der Waals surface area contributed by atoms with Crippen LogP contribution in [0.4, 0.5) is 0 Å². The van der Waals surface area contributed by atoms with Crippen molar-refractivity contribution < 1.29 is 0 Å². The summed E-state index contributed by atoms with van der Waals surface area (Å²) in [5.74, 6) is 0.928. The van der Waals surface area contributed by atoms with Crippen molar-refractivity contribution in [1.82, 2.24) is 14.7 Å². The lowest BCUT2D eigenvalue weighted by molar-refractivity contribution is -0.115. The van der Waals surface area contributed by atoms with Gasteiger partial charge in [-0.05, 0) is 120 Å². The van der Waals surface area contributed by atoms with Crippen molar-refractivity contribution in [2.45, 2.75) is 111 Å². The molecule has 2 spiro atoms. The Morgan fingerprint density at radius 2 is 1.03 bits per heavy atom. The molecule has 5 rings (SSSR count). The Morgan fingerprint density at radius 3 is 1.47 bits per heavy atom. The van der Waals surface area contributed by atoms with Crippen LogP contribution in [-0.4, -0.2) is 71.6 Å². The Kier molecular flexibility index (Phi) is 5.20. The summed E-state index contributed by atoms with van der Waals surface area (Å²) in [5, 5.41) is 0. The van der Waals surface area contributed by atoms with E-state index in [2.05, 4.69) is 56.2 Å². The third-order valence-corrected chi connectivity index (χ3v) is 10.5. The van der Waals surface area contributed by atoms with E-state index in [0.29, 0.717) is 16.4 Å². The molecule has 3 aliphatic heterocycles. The Labute approximate surface area is 186 Å². The summed E-state index contributed by atoms with van der Waals surface area (Å²) >= 11 is 0. The molecular formula is C27H49N3. The number of rotatable bonds is 2. The third kappa shape index (κ3) is 3.90. The first-order valence-corrected chi connectivity index (χ1v) is 13.2. The van der Waals surface area contributed by atoms with Crippen LogP contribution in [0.5, 0.6) is 0 Å². The first-order valence-electron chi connectivity index (χ1n) is 13.2. The normalized spacial score (nSPS) is 34.0. The van der Waals surface area contributed by atoms with Gasteiger partial charge in [-0.2, -0.15) is 0 Å². The van der Waals surface area contributed by atoms with Crippen LogP contribution < -0.4 is 0 Å². The first-order chi connectivity index (χ1) is 14.0.